The van der Waals surface area contributed by atoms with Gasteiger partial charge in [-0.25, -0.2) is 0 Å². The summed E-state index contributed by atoms with van der Waals surface area (Å²) in [5, 5.41) is 0. The van der Waals surface area contributed by atoms with Crippen LogP contribution in [-0.2, 0) is 9.47 Å². The average Bonchev–Trinajstić information content (AvgIpc) is 1.82. The molecule has 0 bridgehead atoms. The van der Waals surface area contributed by atoms with Gasteiger partial charge in [0.25, 0.3) is 0 Å². The number of rotatable bonds is 0. The van der Waals surface area contributed by atoms with Crippen molar-refractivity contribution in [1.82, 2.24) is 0 Å². The van der Waals surface area contributed by atoms with Crippen LogP contribution in [0.15, 0.2) is 0 Å². The molecule has 0 amide bonds. The zero-order valence-electron chi connectivity index (χ0n) is 6.67. The molecular formula is C8H14O2S. The van der Waals surface area contributed by atoms with Crippen LogP contribution < -0.4 is 0 Å². The minimum atomic E-state index is 0.490. The number of hydrogen-bond acceptors (Lipinski definition) is 3. The highest BCUT2D eigenvalue weighted by Gasteiger charge is 2.38. The van der Waals surface area contributed by atoms with E-state index in [0.29, 0.717) is 4.75 Å². The second-order valence-electron chi connectivity index (χ2n) is 3.24. The highest BCUT2D eigenvalue weighted by Crippen LogP contribution is 2.38. The van der Waals surface area contributed by atoms with Crippen molar-refractivity contribution < 1.29 is 9.47 Å². The molecule has 1 spiro atoms. The quantitative estimate of drug-likeness (QED) is 0.551. The maximum absolute atomic E-state index is 5.37. The molecule has 3 heteroatoms. The molecule has 2 fully saturated rings. The van der Waals surface area contributed by atoms with Gasteiger partial charge in [-0.15, -0.1) is 11.8 Å². The van der Waals surface area contributed by atoms with Crippen molar-refractivity contribution in [3.05, 3.63) is 0 Å². The standard InChI is InChI=1S/C8H14O2S/c1-2-8(6-10-7-8)11-5-4-9-3-1/h1-7H2. The van der Waals surface area contributed by atoms with Crippen LogP contribution in [0.25, 0.3) is 0 Å². The molecule has 0 saturated carbocycles. The zero-order valence-corrected chi connectivity index (χ0v) is 7.49. The highest BCUT2D eigenvalue weighted by atomic mass is 32.2. The molecule has 0 aromatic carbocycles. The van der Waals surface area contributed by atoms with Crippen molar-refractivity contribution in [3.8, 4) is 0 Å². The Balaban J connectivity index is 1.86. The number of hydrogen-bond donors (Lipinski definition) is 0. The Kier molecular flexibility index (Phi) is 2.39. The molecule has 0 atom stereocenters. The largest absolute Gasteiger partial charge is 0.381 e. The molecule has 11 heavy (non-hydrogen) atoms. The van der Waals surface area contributed by atoms with Gasteiger partial charge in [-0.2, -0.15) is 0 Å². The maximum atomic E-state index is 5.37. The van der Waals surface area contributed by atoms with Crippen LogP contribution in [0, 0.1) is 0 Å². The molecule has 2 aliphatic heterocycles. The first kappa shape index (κ1) is 7.90. The summed E-state index contributed by atoms with van der Waals surface area (Å²) in [7, 11) is 0. The second kappa shape index (κ2) is 3.33. The lowest BCUT2D eigenvalue weighted by Crippen LogP contribution is -2.47. The zero-order chi connectivity index (χ0) is 7.57. The van der Waals surface area contributed by atoms with E-state index in [4.69, 9.17) is 9.47 Å². The van der Waals surface area contributed by atoms with Crippen LogP contribution in [0.4, 0.5) is 0 Å². The summed E-state index contributed by atoms with van der Waals surface area (Å²) in [6.07, 6.45) is 2.48. The lowest BCUT2D eigenvalue weighted by molar-refractivity contribution is -0.0178. The second-order valence-corrected chi connectivity index (χ2v) is 4.80. The Morgan fingerprint density at radius 1 is 1.09 bits per heavy atom. The summed E-state index contributed by atoms with van der Waals surface area (Å²) >= 11 is 2.04. The van der Waals surface area contributed by atoms with Crippen LogP contribution in [0.1, 0.15) is 12.8 Å². The fourth-order valence-electron chi connectivity index (χ4n) is 1.55. The summed E-state index contributed by atoms with van der Waals surface area (Å²) in [4.78, 5) is 0. The molecule has 64 valence electrons. The van der Waals surface area contributed by atoms with Crippen LogP contribution in [0.5, 0.6) is 0 Å². The molecule has 0 aromatic heterocycles. The molecule has 2 heterocycles. The third-order valence-electron chi connectivity index (χ3n) is 2.29. The molecular weight excluding hydrogens is 160 g/mol. The highest BCUT2D eigenvalue weighted by molar-refractivity contribution is 8.00. The Morgan fingerprint density at radius 3 is 2.73 bits per heavy atom. The van der Waals surface area contributed by atoms with Crippen molar-refractivity contribution >= 4 is 11.8 Å². The Morgan fingerprint density at radius 2 is 2.00 bits per heavy atom. The van der Waals surface area contributed by atoms with Crippen molar-refractivity contribution in [3.63, 3.8) is 0 Å². The van der Waals surface area contributed by atoms with E-state index < -0.39 is 0 Å². The molecule has 2 saturated heterocycles. The fraction of sp³-hybridized carbons (Fsp3) is 1.00. The van der Waals surface area contributed by atoms with Crippen molar-refractivity contribution in [1.29, 1.82) is 0 Å². The van der Waals surface area contributed by atoms with Gasteiger partial charge in [-0.05, 0) is 12.8 Å². The summed E-state index contributed by atoms with van der Waals surface area (Å²) in [6, 6.07) is 0. The summed E-state index contributed by atoms with van der Waals surface area (Å²) in [6.45, 7) is 3.81. The van der Waals surface area contributed by atoms with Crippen molar-refractivity contribution in [2.45, 2.75) is 17.6 Å². The summed E-state index contributed by atoms with van der Waals surface area (Å²) in [5.41, 5.74) is 0. The molecule has 0 unspecified atom stereocenters. The van der Waals surface area contributed by atoms with Gasteiger partial charge in [0.15, 0.2) is 0 Å². The lowest BCUT2D eigenvalue weighted by atomic mass is 10.0. The molecule has 0 N–H and O–H groups in total. The number of thioether (sulfide) groups is 1. The summed E-state index contributed by atoms with van der Waals surface area (Å²) in [5.74, 6) is 1.14. The molecule has 0 aliphatic carbocycles. The smallest absolute Gasteiger partial charge is 0.0636 e. The van der Waals surface area contributed by atoms with Gasteiger partial charge in [-0.3, -0.25) is 0 Å². The first-order valence-electron chi connectivity index (χ1n) is 4.21. The Bertz CT molecular complexity index is 124. The van der Waals surface area contributed by atoms with Crippen LogP contribution in [0.2, 0.25) is 0 Å². The third kappa shape index (κ3) is 1.71. The van der Waals surface area contributed by atoms with E-state index in [1.807, 2.05) is 11.8 Å². The predicted molar refractivity (Wildman–Crippen MR) is 46.1 cm³/mol. The molecule has 0 aromatic rings. The van der Waals surface area contributed by atoms with Crippen LogP contribution >= 0.6 is 11.8 Å². The molecule has 2 rings (SSSR count). The topological polar surface area (TPSA) is 18.5 Å². The monoisotopic (exact) mass is 174 g/mol. The first-order chi connectivity index (χ1) is 5.41. The molecule has 2 nitrogen and oxygen atoms in total. The van der Waals surface area contributed by atoms with Gasteiger partial charge in [0, 0.05) is 12.4 Å². The van der Waals surface area contributed by atoms with Crippen molar-refractivity contribution in [2.24, 2.45) is 0 Å². The van der Waals surface area contributed by atoms with E-state index >= 15 is 0 Å². The van der Waals surface area contributed by atoms with Crippen LogP contribution in [0.3, 0.4) is 0 Å². The van der Waals surface area contributed by atoms with Gasteiger partial charge in [0.1, 0.15) is 0 Å². The lowest BCUT2D eigenvalue weighted by Gasteiger charge is -2.41. The van der Waals surface area contributed by atoms with Gasteiger partial charge >= 0.3 is 0 Å². The van der Waals surface area contributed by atoms with E-state index in [9.17, 15) is 0 Å². The van der Waals surface area contributed by atoms with Gasteiger partial charge < -0.3 is 9.47 Å². The maximum Gasteiger partial charge on any atom is 0.0636 e. The van der Waals surface area contributed by atoms with Gasteiger partial charge in [0.2, 0.25) is 0 Å². The van der Waals surface area contributed by atoms with E-state index in [-0.39, 0.29) is 0 Å². The average molecular weight is 174 g/mol. The SMILES string of the molecule is C1COCCSC2(C1)COC2. The van der Waals surface area contributed by atoms with E-state index in [1.165, 1.54) is 12.8 Å². The minimum absolute atomic E-state index is 0.490. The van der Waals surface area contributed by atoms with Crippen molar-refractivity contribution in [2.75, 3.05) is 32.2 Å². The minimum Gasteiger partial charge on any atom is -0.381 e. The Hall–Kier alpha value is 0.270. The fourth-order valence-corrected chi connectivity index (χ4v) is 2.80. The predicted octanol–water partition coefficient (Wildman–Crippen LogP) is 1.30. The molecule has 2 aliphatic rings. The number of ether oxygens (including phenoxy) is 2. The molecule has 0 radical (unpaired) electrons. The van der Waals surface area contributed by atoms with E-state index in [1.54, 1.807) is 0 Å². The first-order valence-corrected chi connectivity index (χ1v) is 5.19. The van der Waals surface area contributed by atoms with E-state index in [2.05, 4.69) is 0 Å². The van der Waals surface area contributed by atoms with E-state index in [0.717, 1.165) is 32.2 Å². The Labute approximate surface area is 71.6 Å². The van der Waals surface area contributed by atoms with Gasteiger partial charge in [-0.1, -0.05) is 0 Å². The normalized spacial score (nSPS) is 30.5. The van der Waals surface area contributed by atoms with Gasteiger partial charge in [0.05, 0.1) is 24.6 Å². The van der Waals surface area contributed by atoms with Crippen LogP contribution in [-0.4, -0.2) is 36.9 Å². The summed E-state index contributed by atoms with van der Waals surface area (Å²) < 4.78 is 11.1. The third-order valence-corrected chi connectivity index (χ3v) is 3.71.